The lowest BCUT2D eigenvalue weighted by Crippen LogP contribution is -2.12. The van der Waals surface area contributed by atoms with Crippen LogP contribution in [-0.2, 0) is 4.74 Å². The van der Waals surface area contributed by atoms with Crippen LogP contribution in [0.2, 0.25) is 0 Å². The zero-order valence-corrected chi connectivity index (χ0v) is 15.6. The zero-order chi connectivity index (χ0) is 18.5. The first-order valence-corrected chi connectivity index (χ1v) is 9.32. The molecule has 2 aromatic heterocycles. The summed E-state index contributed by atoms with van der Waals surface area (Å²) >= 11 is 1.40. The van der Waals surface area contributed by atoms with E-state index < -0.39 is 5.97 Å². The fourth-order valence-corrected chi connectivity index (χ4v) is 2.73. The maximum atomic E-state index is 12.2. The Labute approximate surface area is 155 Å². The molecule has 0 bridgehead atoms. The Morgan fingerprint density at radius 2 is 2.08 bits per heavy atom. The molecule has 0 radical (unpaired) electrons. The van der Waals surface area contributed by atoms with E-state index in [1.165, 1.54) is 18.0 Å². The number of carbonyl (C=O) groups is 1. The number of hydrogen-bond acceptors (Lipinski definition) is 7. The minimum atomic E-state index is -0.467. The molecule has 2 heterocycles. The van der Waals surface area contributed by atoms with E-state index in [2.05, 4.69) is 20.4 Å². The monoisotopic (exact) mass is 369 g/mol. The molecule has 26 heavy (non-hydrogen) atoms. The highest BCUT2D eigenvalue weighted by atomic mass is 32.2. The van der Waals surface area contributed by atoms with Gasteiger partial charge in [0.25, 0.3) is 0 Å². The number of aryl methyl sites for hydroxylation is 1. The van der Waals surface area contributed by atoms with Crippen molar-refractivity contribution < 1.29 is 9.53 Å². The van der Waals surface area contributed by atoms with E-state index in [1.807, 2.05) is 49.6 Å². The summed E-state index contributed by atoms with van der Waals surface area (Å²) in [6.45, 7) is 3.95. The van der Waals surface area contributed by atoms with E-state index >= 15 is 0 Å². The lowest BCUT2D eigenvalue weighted by molar-refractivity contribution is 0.0526. The zero-order valence-electron chi connectivity index (χ0n) is 14.8. The average Bonchev–Trinajstić information content (AvgIpc) is 3.02. The largest absolute Gasteiger partial charge is 0.462 e. The Morgan fingerprint density at radius 1 is 1.31 bits per heavy atom. The number of carbonyl (C=O) groups excluding carboxylic acids is 1. The molecule has 0 amide bonds. The number of benzene rings is 1. The minimum absolute atomic E-state index is 0.281. The first-order chi connectivity index (χ1) is 12.6. The van der Waals surface area contributed by atoms with Crippen molar-refractivity contribution in [1.29, 1.82) is 0 Å². The van der Waals surface area contributed by atoms with Crippen molar-refractivity contribution in [2.75, 3.05) is 18.2 Å². The Bertz CT molecular complexity index is 911. The highest BCUT2D eigenvalue weighted by Gasteiger charge is 2.18. The highest BCUT2D eigenvalue weighted by Crippen LogP contribution is 2.24. The topological polar surface area (TPSA) is 81.9 Å². The summed E-state index contributed by atoms with van der Waals surface area (Å²) in [6, 6.07) is 11.6. The molecule has 7 nitrogen and oxygen atoms in total. The second-order valence-corrected chi connectivity index (χ2v) is 6.16. The van der Waals surface area contributed by atoms with Gasteiger partial charge in [0.1, 0.15) is 11.4 Å². The second kappa shape index (κ2) is 8.01. The molecule has 0 saturated carbocycles. The number of ether oxygens (including phenoxy) is 1. The number of anilines is 2. The molecular formula is C18H19N5O2S. The van der Waals surface area contributed by atoms with Crippen LogP contribution in [0.15, 0.2) is 47.8 Å². The molecule has 0 saturated heterocycles. The lowest BCUT2D eigenvalue weighted by atomic mass is 10.3. The Morgan fingerprint density at radius 3 is 2.77 bits per heavy atom. The van der Waals surface area contributed by atoms with E-state index in [-0.39, 0.29) is 12.2 Å². The molecule has 0 atom stereocenters. The highest BCUT2D eigenvalue weighted by molar-refractivity contribution is 7.98. The summed E-state index contributed by atoms with van der Waals surface area (Å²) in [5, 5.41) is 8.29. The van der Waals surface area contributed by atoms with Crippen LogP contribution in [0.4, 0.5) is 11.6 Å². The Hall–Kier alpha value is -2.87. The van der Waals surface area contributed by atoms with Gasteiger partial charge in [-0.15, -0.1) is 0 Å². The third-order valence-electron chi connectivity index (χ3n) is 3.52. The molecule has 0 spiro atoms. The van der Waals surface area contributed by atoms with Gasteiger partial charge in [-0.1, -0.05) is 30.0 Å². The van der Waals surface area contributed by atoms with Crippen LogP contribution in [0.3, 0.4) is 0 Å². The smallest absolute Gasteiger partial charge is 0.343 e. The number of para-hydroxylation sites is 1. The van der Waals surface area contributed by atoms with E-state index in [1.54, 1.807) is 11.6 Å². The summed E-state index contributed by atoms with van der Waals surface area (Å²) < 4.78 is 6.88. The number of nitrogens with one attached hydrogen (secondary N) is 1. The number of aromatic nitrogens is 4. The van der Waals surface area contributed by atoms with Gasteiger partial charge in [-0.3, -0.25) is 0 Å². The van der Waals surface area contributed by atoms with Gasteiger partial charge in [0, 0.05) is 12.3 Å². The maximum Gasteiger partial charge on any atom is 0.343 e. The first kappa shape index (κ1) is 17.9. The van der Waals surface area contributed by atoms with Crippen LogP contribution in [0.1, 0.15) is 23.0 Å². The molecule has 0 aliphatic heterocycles. The van der Waals surface area contributed by atoms with Crippen LogP contribution < -0.4 is 5.32 Å². The molecule has 134 valence electrons. The summed E-state index contributed by atoms with van der Waals surface area (Å²) in [5.74, 6) is 0.620. The lowest BCUT2D eigenvalue weighted by Gasteiger charge is -2.12. The van der Waals surface area contributed by atoms with Gasteiger partial charge in [0.15, 0.2) is 11.0 Å². The van der Waals surface area contributed by atoms with Gasteiger partial charge in [-0.2, -0.15) is 5.10 Å². The van der Waals surface area contributed by atoms with Gasteiger partial charge >= 0.3 is 5.97 Å². The van der Waals surface area contributed by atoms with Crippen LogP contribution in [0.5, 0.6) is 0 Å². The van der Waals surface area contributed by atoms with E-state index in [4.69, 9.17) is 4.74 Å². The quantitative estimate of drug-likeness (QED) is 0.404. The molecule has 3 aromatic rings. The molecule has 1 aromatic carbocycles. The predicted octanol–water partition coefficient (Wildman–Crippen LogP) is 3.61. The summed E-state index contributed by atoms with van der Waals surface area (Å²) in [5.41, 5.74) is 2.02. The van der Waals surface area contributed by atoms with Crippen LogP contribution >= 0.6 is 11.8 Å². The van der Waals surface area contributed by atoms with Crippen molar-refractivity contribution in [3.63, 3.8) is 0 Å². The molecule has 0 aliphatic rings. The average molecular weight is 369 g/mol. The van der Waals surface area contributed by atoms with Gasteiger partial charge in [0.05, 0.1) is 18.0 Å². The van der Waals surface area contributed by atoms with Crippen LogP contribution in [-0.4, -0.2) is 38.6 Å². The number of rotatable bonds is 6. The van der Waals surface area contributed by atoms with Crippen molar-refractivity contribution in [2.24, 2.45) is 0 Å². The number of nitrogens with zero attached hydrogens (tertiary/aromatic N) is 4. The van der Waals surface area contributed by atoms with E-state index in [0.717, 1.165) is 11.4 Å². The standard InChI is InChI=1S/C18H19N5O2S/c1-4-25-17(24)14-11-19-18(26-3)21-16(14)20-15-10-12(2)22-23(15)13-8-6-5-7-9-13/h5-11H,4H2,1-3H3,(H,19,20,21). The fraction of sp³-hybridized carbons (Fsp3) is 0.222. The summed E-state index contributed by atoms with van der Waals surface area (Å²) in [7, 11) is 0. The first-order valence-electron chi connectivity index (χ1n) is 8.09. The molecular weight excluding hydrogens is 350 g/mol. The molecule has 0 unspecified atom stereocenters. The van der Waals surface area contributed by atoms with Crippen molar-refractivity contribution in [3.05, 3.63) is 53.9 Å². The Kier molecular flexibility index (Phi) is 5.52. The molecule has 1 N–H and O–H groups in total. The van der Waals surface area contributed by atoms with E-state index in [9.17, 15) is 4.79 Å². The summed E-state index contributed by atoms with van der Waals surface area (Å²) in [4.78, 5) is 20.9. The third-order valence-corrected chi connectivity index (χ3v) is 4.09. The molecule has 0 aliphatic carbocycles. The van der Waals surface area contributed by atoms with Crippen LogP contribution in [0.25, 0.3) is 5.69 Å². The van der Waals surface area contributed by atoms with Gasteiger partial charge < -0.3 is 10.1 Å². The molecule has 3 rings (SSSR count). The normalized spacial score (nSPS) is 10.6. The number of esters is 1. The van der Waals surface area contributed by atoms with Gasteiger partial charge in [0.2, 0.25) is 0 Å². The van der Waals surface area contributed by atoms with Crippen molar-refractivity contribution in [1.82, 2.24) is 19.7 Å². The van der Waals surface area contributed by atoms with Crippen molar-refractivity contribution in [2.45, 2.75) is 19.0 Å². The maximum absolute atomic E-state index is 12.2. The van der Waals surface area contributed by atoms with Crippen molar-refractivity contribution >= 4 is 29.4 Å². The fourth-order valence-electron chi connectivity index (χ4n) is 2.39. The minimum Gasteiger partial charge on any atom is -0.462 e. The SMILES string of the molecule is CCOC(=O)c1cnc(SC)nc1Nc1cc(C)nn1-c1ccccc1. The summed E-state index contributed by atoms with van der Waals surface area (Å²) in [6.07, 6.45) is 3.36. The number of thioether (sulfide) groups is 1. The molecule has 0 fully saturated rings. The number of hydrogen-bond donors (Lipinski definition) is 1. The van der Waals surface area contributed by atoms with Crippen molar-refractivity contribution in [3.8, 4) is 5.69 Å². The third kappa shape index (κ3) is 3.85. The second-order valence-electron chi connectivity index (χ2n) is 5.38. The van der Waals surface area contributed by atoms with Gasteiger partial charge in [-0.05, 0) is 32.2 Å². The predicted molar refractivity (Wildman–Crippen MR) is 101 cm³/mol. The molecule has 8 heteroatoms. The van der Waals surface area contributed by atoms with Gasteiger partial charge in [-0.25, -0.2) is 19.4 Å². The Balaban J connectivity index is 2.02. The van der Waals surface area contributed by atoms with E-state index in [0.29, 0.717) is 16.8 Å². The van der Waals surface area contributed by atoms with Crippen LogP contribution in [0, 0.1) is 6.92 Å².